The molecule has 1 aromatic carbocycles. The van der Waals surface area contributed by atoms with Crippen LogP contribution < -0.4 is 0 Å². The van der Waals surface area contributed by atoms with E-state index in [4.69, 9.17) is 9.68 Å². The molecule has 0 spiro atoms. The average molecular weight is 345 g/mol. The Bertz CT molecular complexity index is 846. The van der Waals surface area contributed by atoms with Crippen molar-refractivity contribution < 1.29 is 12.8 Å². The van der Waals surface area contributed by atoms with Crippen LogP contribution in [0, 0.1) is 24.2 Å². The second-order valence-corrected chi connectivity index (χ2v) is 7.93. The fourth-order valence-corrected chi connectivity index (χ4v) is 4.03. The number of nitrogens with zero attached hydrogens (tertiary/aromatic N) is 3. The van der Waals surface area contributed by atoms with Crippen molar-refractivity contribution in [1.82, 2.24) is 9.29 Å². The molecule has 0 unspecified atom stereocenters. The van der Waals surface area contributed by atoms with Gasteiger partial charge in [0.15, 0.2) is 5.89 Å². The van der Waals surface area contributed by atoms with Crippen LogP contribution in [0.2, 0.25) is 0 Å². The number of aryl methyl sites for hydroxylation is 1. The summed E-state index contributed by atoms with van der Waals surface area (Å²) in [5.74, 6) is 0.990. The van der Waals surface area contributed by atoms with Gasteiger partial charge >= 0.3 is 0 Å². The molecule has 0 radical (unpaired) electrons. The van der Waals surface area contributed by atoms with E-state index in [1.165, 1.54) is 4.31 Å². The summed E-state index contributed by atoms with van der Waals surface area (Å²) in [7, 11) is -3.58. The molecule has 1 saturated carbocycles. The minimum absolute atomic E-state index is 0.197. The molecule has 0 aliphatic heterocycles. The number of hydrogen-bond donors (Lipinski definition) is 0. The Morgan fingerprint density at radius 1 is 1.33 bits per heavy atom. The van der Waals surface area contributed by atoms with Crippen LogP contribution in [-0.2, 0) is 10.0 Å². The fraction of sp³-hybridized carbons (Fsp3) is 0.412. The van der Waals surface area contributed by atoms with Crippen molar-refractivity contribution in [2.24, 2.45) is 5.92 Å². The lowest BCUT2D eigenvalue weighted by atomic mass is 10.2. The number of hydrogen-bond acceptors (Lipinski definition) is 5. The standard InChI is InChI=1S/C17H19N3O3S/c1-13-19-17(12-23-13)15-5-7-16(8-6-15)24(21,22)20(10-2-9-18)11-14-3-4-14/h5-8,12,14H,2-4,10-11H2,1H3. The quantitative estimate of drug-likeness (QED) is 0.770. The predicted octanol–water partition coefficient (Wildman–Crippen LogP) is 2.96. The van der Waals surface area contributed by atoms with Crippen LogP contribution >= 0.6 is 0 Å². The van der Waals surface area contributed by atoms with Crippen LogP contribution in [0.3, 0.4) is 0 Å². The number of benzene rings is 1. The van der Waals surface area contributed by atoms with Crippen LogP contribution in [0.25, 0.3) is 11.3 Å². The Hall–Kier alpha value is -2.17. The monoisotopic (exact) mass is 345 g/mol. The summed E-state index contributed by atoms with van der Waals surface area (Å²) >= 11 is 0. The minimum Gasteiger partial charge on any atom is -0.449 e. The third-order valence-corrected chi connectivity index (χ3v) is 5.92. The van der Waals surface area contributed by atoms with Gasteiger partial charge in [-0.25, -0.2) is 13.4 Å². The van der Waals surface area contributed by atoms with Crippen molar-refractivity contribution in [1.29, 1.82) is 5.26 Å². The van der Waals surface area contributed by atoms with Crippen molar-refractivity contribution >= 4 is 10.0 Å². The number of aromatic nitrogens is 1. The molecule has 7 heteroatoms. The first kappa shape index (κ1) is 16.7. The molecule has 2 aromatic rings. The zero-order chi connectivity index (χ0) is 17.2. The maximum Gasteiger partial charge on any atom is 0.243 e. The highest BCUT2D eigenvalue weighted by atomic mass is 32.2. The van der Waals surface area contributed by atoms with Gasteiger partial charge in [-0.2, -0.15) is 9.57 Å². The van der Waals surface area contributed by atoms with Gasteiger partial charge in [-0.15, -0.1) is 0 Å². The number of oxazole rings is 1. The molecule has 1 fully saturated rings. The zero-order valence-corrected chi connectivity index (χ0v) is 14.3. The van der Waals surface area contributed by atoms with Crippen molar-refractivity contribution in [2.45, 2.75) is 31.1 Å². The van der Waals surface area contributed by atoms with Crippen molar-refractivity contribution in [3.8, 4) is 17.3 Å². The first-order valence-electron chi connectivity index (χ1n) is 7.90. The highest BCUT2D eigenvalue weighted by Crippen LogP contribution is 2.32. The number of nitriles is 1. The van der Waals surface area contributed by atoms with E-state index in [1.54, 1.807) is 37.5 Å². The van der Waals surface area contributed by atoms with Crippen LogP contribution in [0.15, 0.2) is 39.8 Å². The molecule has 24 heavy (non-hydrogen) atoms. The molecule has 1 aliphatic carbocycles. The van der Waals surface area contributed by atoms with Crippen LogP contribution in [0.5, 0.6) is 0 Å². The highest BCUT2D eigenvalue weighted by Gasteiger charge is 2.31. The number of sulfonamides is 1. The Morgan fingerprint density at radius 2 is 2.04 bits per heavy atom. The van der Waals surface area contributed by atoms with Gasteiger partial charge in [0, 0.05) is 32.0 Å². The molecule has 0 N–H and O–H groups in total. The molecule has 1 aliphatic rings. The zero-order valence-electron chi connectivity index (χ0n) is 13.5. The van der Waals surface area contributed by atoms with Gasteiger partial charge in [-0.3, -0.25) is 0 Å². The van der Waals surface area contributed by atoms with Gasteiger partial charge in [0.25, 0.3) is 0 Å². The van der Waals surface area contributed by atoms with Crippen molar-refractivity contribution in [2.75, 3.05) is 13.1 Å². The molecule has 1 aromatic heterocycles. The Labute approximate surface area is 141 Å². The lowest BCUT2D eigenvalue weighted by molar-refractivity contribution is 0.402. The van der Waals surface area contributed by atoms with Gasteiger partial charge in [0.2, 0.25) is 10.0 Å². The summed E-state index contributed by atoms with van der Waals surface area (Å²) in [6.45, 7) is 2.49. The molecular weight excluding hydrogens is 326 g/mol. The summed E-state index contributed by atoms with van der Waals surface area (Å²) in [5, 5.41) is 8.78. The van der Waals surface area contributed by atoms with E-state index >= 15 is 0 Å². The summed E-state index contributed by atoms with van der Waals surface area (Å²) in [4.78, 5) is 4.47. The van der Waals surface area contributed by atoms with E-state index in [0.717, 1.165) is 18.4 Å². The van der Waals surface area contributed by atoms with Gasteiger partial charge in [0.05, 0.1) is 11.0 Å². The Morgan fingerprint density at radius 3 is 2.58 bits per heavy atom. The van der Waals surface area contributed by atoms with E-state index < -0.39 is 10.0 Å². The van der Waals surface area contributed by atoms with Gasteiger partial charge in [0.1, 0.15) is 12.0 Å². The van der Waals surface area contributed by atoms with Crippen LogP contribution in [-0.4, -0.2) is 30.8 Å². The first-order chi connectivity index (χ1) is 11.5. The molecule has 0 bridgehead atoms. The topological polar surface area (TPSA) is 87.2 Å². The molecule has 3 rings (SSSR count). The minimum atomic E-state index is -3.58. The number of rotatable bonds is 7. The average Bonchev–Trinajstić information content (AvgIpc) is 3.30. The Kier molecular flexibility index (Phi) is 4.69. The SMILES string of the molecule is Cc1nc(-c2ccc(S(=O)(=O)N(CCC#N)CC3CC3)cc2)co1. The van der Waals surface area contributed by atoms with E-state index in [9.17, 15) is 8.42 Å². The molecule has 0 atom stereocenters. The first-order valence-corrected chi connectivity index (χ1v) is 9.34. The largest absolute Gasteiger partial charge is 0.449 e. The summed E-state index contributed by atoms with van der Waals surface area (Å²) < 4.78 is 32.3. The van der Waals surface area contributed by atoms with Gasteiger partial charge in [-0.1, -0.05) is 12.1 Å². The fourth-order valence-electron chi connectivity index (χ4n) is 2.52. The van der Waals surface area contributed by atoms with Crippen LogP contribution in [0.1, 0.15) is 25.2 Å². The molecule has 0 saturated heterocycles. The maximum atomic E-state index is 12.8. The van der Waals surface area contributed by atoms with Crippen LogP contribution in [0.4, 0.5) is 0 Å². The van der Waals surface area contributed by atoms with E-state index in [0.29, 0.717) is 24.0 Å². The summed E-state index contributed by atoms with van der Waals surface area (Å²) in [6, 6.07) is 8.64. The Balaban J connectivity index is 1.83. The smallest absolute Gasteiger partial charge is 0.243 e. The normalized spacial score (nSPS) is 14.7. The molecular formula is C17H19N3O3S. The maximum absolute atomic E-state index is 12.8. The van der Waals surface area contributed by atoms with Crippen molar-refractivity contribution in [3.05, 3.63) is 36.4 Å². The molecule has 126 valence electrons. The molecule has 0 amide bonds. The van der Waals surface area contributed by atoms with E-state index in [1.807, 2.05) is 6.07 Å². The molecule has 6 nitrogen and oxygen atoms in total. The van der Waals surface area contributed by atoms with Gasteiger partial charge in [-0.05, 0) is 30.9 Å². The van der Waals surface area contributed by atoms with Gasteiger partial charge < -0.3 is 4.42 Å². The summed E-state index contributed by atoms with van der Waals surface area (Å²) in [6.07, 6.45) is 3.86. The van der Waals surface area contributed by atoms with Crippen molar-refractivity contribution in [3.63, 3.8) is 0 Å². The van der Waals surface area contributed by atoms with E-state index in [-0.39, 0.29) is 17.9 Å². The lowest BCUT2D eigenvalue weighted by Gasteiger charge is -2.21. The third-order valence-electron chi connectivity index (χ3n) is 4.04. The third kappa shape index (κ3) is 3.66. The highest BCUT2D eigenvalue weighted by molar-refractivity contribution is 7.89. The second-order valence-electron chi connectivity index (χ2n) is 5.99. The van der Waals surface area contributed by atoms with E-state index in [2.05, 4.69) is 4.98 Å². The second kappa shape index (κ2) is 6.75. The predicted molar refractivity (Wildman–Crippen MR) is 88.4 cm³/mol. The summed E-state index contributed by atoms with van der Waals surface area (Å²) in [5.41, 5.74) is 1.48. The lowest BCUT2D eigenvalue weighted by Crippen LogP contribution is -2.33. The molecule has 1 heterocycles.